The van der Waals surface area contributed by atoms with Gasteiger partial charge in [-0.2, -0.15) is 0 Å². The Morgan fingerprint density at radius 2 is 0.795 bits per heavy atom. The van der Waals surface area contributed by atoms with E-state index in [1.165, 1.54) is 27.8 Å². The van der Waals surface area contributed by atoms with Gasteiger partial charge in [0.2, 0.25) is 0 Å². The lowest BCUT2D eigenvalue weighted by atomic mass is 9.98. The van der Waals surface area contributed by atoms with E-state index in [1.807, 2.05) is 6.07 Å². The van der Waals surface area contributed by atoms with Crippen LogP contribution in [0.4, 0.5) is 17.1 Å². The van der Waals surface area contributed by atoms with Crippen LogP contribution in [-0.4, -0.2) is 0 Å². The fourth-order valence-electron chi connectivity index (χ4n) is 4.99. The summed E-state index contributed by atoms with van der Waals surface area (Å²) in [5, 5.41) is 0. The number of anilines is 3. The molecule has 0 aliphatic rings. The van der Waals surface area contributed by atoms with E-state index in [0.29, 0.717) is 0 Å². The Morgan fingerprint density at radius 3 is 1.36 bits per heavy atom. The minimum absolute atomic E-state index is 1.11. The summed E-state index contributed by atoms with van der Waals surface area (Å²) in [6.45, 7) is 0. The fraction of sp³-hybridized carbons (Fsp3) is 0. The Kier molecular flexibility index (Phi) is 7.14. The van der Waals surface area contributed by atoms with Gasteiger partial charge in [0.1, 0.15) is 0 Å². The van der Waals surface area contributed by atoms with Crippen molar-refractivity contribution in [2.45, 2.75) is 0 Å². The first kappa shape index (κ1) is 24.2. The monoisotopic (exact) mass is 499 g/mol. The van der Waals surface area contributed by atoms with Crippen molar-refractivity contribution in [2.75, 3.05) is 4.90 Å². The van der Waals surface area contributed by atoms with Gasteiger partial charge in [-0.3, -0.25) is 0 Å². The molecular weight excluding hydrogens is 470 g/mol. The van der Waals surface area contributed by atoms with E-state index >= 15 is 0 Å². The lowest BCUT2D eigenvalue weighted by Crippen LogP contribution is -2.12. The Bertz CT molecular complexity index is 1600. The summed E-state index contributed by atoms with van der Waals surface area (Å²) in [6.07, 6.45) is 4.35. The van der Waals surface area contributed by atoms with E-state index in [9.17, 15) is 0 Å². The predicted molar refractivity (Wildman–Crippen MR) is 167 cm³/mol. The van der Waals surface area contributed by atoms with Gasteiger partial charge in [-0.05, 0) is 46.5 Å². The maximum Gasteiger partial charge on any atom is 0.0540 e. The van der Waals surface area contributed by atoms with Crippen LogP contribution >= 0.6 is 0 Å². The highest BCUT2D eigenvalue weighted by molar-refractivity contribution is 5.93. The molecule has 6 aromatic carbocycles. The molecule has 1 heteroatoms. The van der Waals surface area contributed by atoms with Crippen LogP contribution in [0.3, 0.4) is 0 Å². The molecule has 0 saturated carbocycles. The quantitative estimate of drug-likeness (QED) is 0.197. The summed E-state index contributed by atoms with van der Waals surface area (Å²) in [7, 11) is 0. The van der Waals surface area contributed by atoms with Crippen molar-refractivity contribution < 1.29 is 0 Å². The summed E-state index contributed by atoms with van der Waals surface area (Å²) in [6, 6.07) is 57.8. The normalized spacial score (nSPS) is 11.0. The van der Waals surface area contributed by atoms with E-state index in [1.54, 1.807) is 0 Å². The van der Waals surface area contributed by atoms with Crippen LogP contribution in [0, 0.1) is 0 Å². The molecule has 0 atom stereocenters. The second kappa shape index (κ2) is 11.5. The van der Waals surface area contributed by atoms with Crippen LogP contribution < -0.4 is 4.90 Å². The second-order valence-corrected chi connectivity index (χ2v) is 9.44. The van der Waals surface area contributed by atoms with Crippen molar-refractivity contribution in [1.29, 1.82) is 0 Å². The van der Waals surface area contributed by atoms with Crippen molar-refractivity contribution in [3.05, 3.63) is 175 Å². The highest BCUT2D eigenvalue weighted by atomic mass is 15.1. The van der Waals surface area contributed by atoms with Crippen molar-refractivity contribution in [3.63, 3.8) is 0 Å². The van der Waals surface area contributed by atoms with Crippen molar-refractivity contribution in [3.8, 4) is 22.3 Å². The number of nitrogens with zero attached hydrogens (tertiary/aromatic N) is 1. The van der Waals surface area contributed by atoms with Gasteiger partial charge in [0, 0.05) is 16.8 Å². The zero-order valence-corrected chi connectivity index (χ0v) is 21.7. The third kappa shape index (κ3) is 5.44. The number of hydrogen-bond acceptors (Lipinski definition) is 1. The van der Waals surface area contributed by atoms with Gasteiger partial charge in [-0.25, -0.2) is 0 Å². The van der Waals surface area contributed by atoms with Gasteiger partial charge < -0.3 is 4.90 Å². The summed E-state index contributed by atoms with van der Waals surface area (Å²) < 4.78 is 0. The first-order valence-electron chi connectivity index (χ1n) is 13.3. The average molecular weight is 500 g/mol. The van der Waals surface area contributed by atoms with E-state index in [4.69, 9.17) is 0 Å². The number of benzene rings is 6. The Balaban J connectivity index is 1.54. The zero-order chi connectivity index (χ0) is 26.3. The Morgan fingerprint density at radius 1 is 0.359 bits per heavy atom. The van der Waals surface area contributed by atoms with Crippen LogP contribution in [0.5, 0.6) is 0 Å². The minimum Gasteiger partial charge on any atom is -0.309 e. The van der Waals surface area contributed by atoms with E-state index < -0.39 is 0 Å². The molecule has 0 heterocycles. The summed E-state index contributed by atoms with van der Waals surface area (Å²) in [4.78, 5) is 2.39. The molecule has 0 aliphatic carbocycles. The lowest BCUT2D eigenvalue weighted by molar-refractivity contribution is 1.28. The van der Waals surface area contributed by atoms with Gasteiger partial charge in [0.25, 0.3) is 0 Å². The summed E-state index contributed by atoms with van der Waals surface area (Å²) in [5.74, 6) is 0. The predicted octanol–water partition coefficient (Wildman–Crippen LogP) is 10.7. The molecule has 6 aromatic rings. The van der Waals surface area contributed by atoms with Crippen molar-refractivity contribution >= 4 is 29.2 Å². The molecule has 0 unspecified atom stereocenters. The third-order valence-electron chi connectivity index (χ3n) is 6.86. The highest BCUT2D eigenvalue weighted by Gasteiger charge is 2.20. The zero-order valence-electron chi connectivity index (χ0n) is 21.7. The smallest absolute Gasteiger partial charge is 0.0540 e. The summed E-state index contributed by atoms with van der Waals surface area (Å²) >= 11 is 0. The molecule has 1 nitrogen and oxygen atoms in total. The molecule has 0 N–H and O–H groups in total. The van der Waals surface area contributed by atoms with E-state index in [-0.39, 0.29) is 0 Å². The molecule has 0 bridgehead atoms. The van der Waals surface area contributed by atoms with Gasteiger partial charge in [0.05, 0.1) is 11.4 Å². The van der Waals surface area contributed by atoms with Gasteiger partial charge >= 0.3 is 0 Å². The largest absolute Gasteiger partial charge is 0.309 e. The summed E-state index contributed by atoms with van der Waals surface area (Å²) in [5.41, 5.74) is 10.5. The molecule has 39 heavy (non-hydrogen) atoms. The molecule has 0 aromatic heterocycles. The van der Waals surface area contributed by atoms with Crippen molar-refractivity contribution in [2.24, 2.45) is 0 Å². The molecule has 0 saturated heterocycles. The minimum atomic E-state index is 1.11. The van der Waals surface area contributed by atoms with Crippen LogP contribution in [0.1, 0.15) is 11.1 Å². The van der Waals surface area contributed by atoms with Gasteiger partial charge in [-0.1, -0.05) is 152 Å². The maximum atomic E-state index is 2.39. The first-order chi connectivity index (χ1) is 19.4. The number of para-hydroxylation sites is 2. The highest BCUT2D eigenvalue weighted by Crippen LogP contribution is 2.44. The molecule has 0 radical (unpaired) electrons. The molecule has 0 amide bonds. The fourth-order valence-corrected chi connectivity index (χ4v) is 4.99. The van der Waals surface area contributed by atoms with Gasteiger partial charge in [-0.15, -0.1) is 0 Å². The molecule has 0 fully saturated rings. The first-order valence-corrected chi connectivity index (χ1v) is 13.3. The Hall–Kier alpha value is -5.14. The lowest BCUT2D eigenvalue weighted by Gasteiger charge is -2.30. The van der Waals surface area contributed by atoms with Crippen LogP contribution in [0.15, 0.2) is 164 Å². The third-order valence-corrected chi connectivity index (χ3v) is 6.86. The maximum absolute atomic E-state index is 2.39. The Labute approximate surface area is 231 Å². The van der Waals surface area contributed by atoms with E-state index in [0.717, 1.165) is 22.6 Å². The van der Waals surface area contributed by atoms with Gasteiger partial charge in [0.15, 0.2) is 0 Å². The number of rotatable bonds is 7. The SMILES string of the molecule is C(=C\c1cccc(N(c2ccccc2-c2ccccc2)c2ccccc2-c2ccccc2)c1)/c1ccccc1. The second-order valence-electron chi connectivity index (χ2n) is 9.44. The molecule has 0 aliphatic heterocycles. The van der Waals surface area contributed by atoms with E-state index in [2.05, 4.69) is 175 Å². The topological polar surface area (TPSA) is 3.24 Å². The van der Waals surface area contributed by atoms with Crippen LogP contribution in [0.25, 0.3) is 34.4 Å². The molecule has 186 valence electrons. The molecule has 0 spiro atoms. The van der Waals surface area contributed by atoms with Crippen molar-refractivity contribution in [1.82, 2.24) is 0 Å². The molecule has 6 rings (SSSR count). The molecular formula is C38H29N. The van der Waals surface area contributed by atoms with Crippen LogP contribution in [0.2, 0.25) is 0 Å². The van der Waals surface area contributed by atoms with Crippen LogP contribution in [-0.2, 0) is 0 Å². The number of hydrogen-bond donors (Lipinski definition) is 0. The average Bonchev–Trinajstić information content (AvgIpc) is 3.02. The standard InChI is InChI=1S/C38H29N/c1-4-15-30(16-5-1)27-28-31-17-14-22-34(29-31)39(37-25-12-10-23-35(37)32-18-6-2-7-19-32)38-26-13-11-24-36(38)33-20-8-3-9-21-33/h1-29H/b28-27+.